The molecule has 0 heteroatoms. The Balaban J connectivity index is 5.25. The third kappa shape index (κ3) is 3.70. The lowest BCUT2D eigenvalue weighted by atomic mass is 9.86. The van der Waals surface area contributed by atoms with Gasteiger partial charge in [-0.2, -0.15) is 0 Å². The van der Waals surface area contributed by atoms with Crippen LogP contribution in [-0.4, -0.2) is 0 Å². The fourth-order valence-electron chi connectivity index (χ4n) is 2.08. The number of hydrogen-bond acceptors (Lipinski definition) is 0. The summed E-state index contributed by atoms with van der Waals surface area (Å²) in [7, 11) is 0. The van der Waals surface area contributed by atoms with Crippen molar-refractivity contribution >= 4 is 0 Å². The summed E-state index contributed by atoms with van der Waals surface area (Å²) in [5, 5.41) is 0. The van der Waals surface area contributed by atoms with Gasteiger partial charge in [0.1, 0.15) is 0 Å². The minimum absolute atomic E-state index is 0.557. The highest BCUT2D eigenvalue weighted by molar-refractivity contribution is 5.39. The van der Waals surface area contributed by atoms with Crippen LogP contribution in [0.25, 0.3) is 0 Å². The molecule has 0 aliphatic heterocycles. The molecule has 0 heterocycles. The SMILES string of the molecule is C=C/C(=C(C)\C(=C/C)C(C)CC)C(C)C. The second-order valence-corrected chi connectivity index (χ2v) is 4.49. The van der Waals surface area contributed by atoms with E-state index in [4.69, 9.17) is 0 Å². The van der Waals surface area contributed by atoms with Crippen LogP contribution in [0, 0.1) is 11.8 Å². The molecule has 0 nitrogen and oxygen atoms in total. The lowest BCUT2D eigenvalue weighted by molar-refractivity contribution is 0.654. The highest BCUT2D eigenvalue weighted by Gasteiger charge is 2.12. The number of allylic oxidation sites excluding steroid dienone is 5. The van der Waals surface area contributed by atoms with Crippen LogP contribution >= 0.6 is 0 Å². The summed E-state index contributed by atoms with van der Waals surface area (Å²) < 4.78 is 0. The van der Waals surface area contributed by atoms with E-state index in [-0.39, 0.29) is 0 Å². The first-order valence-electron chi connectivity index (χ1n) is 5.99. The molecular weight excluding hydrogens is 180 g/mol. The average Bonchev–Trinajstić information content (AvgIpc) is 2.19. The summed E-state index contributed by atoms with van der Waals surface area (Å²) in [5.41, 5.74) is 4.27. The van der Waals surface area contributed by atoms with Gasteiger partial charge in [-0.25, -0.2) is 0 Å². The van der Waals surface area contributed by atoms with E-state index in [1.807, 2.05) is 6.08 Å². The first-order valence-corrected chi connectivity index (χ1v) is 5.99. The Bertz CT molecular complexity index is 264. The van der Waals surface area contributed by atoms with Crippen molar-refractivity contribution in [1.82, 2.24) is 0 Å². The van der Waals surface area contributed by atoms with Crippen molar-refractivity contribution in [2.24, 2.45) is 11.8 Å². The third-order valence-electron chi connectivity index (χ3n) is 3.16. The second-order valence-electron chi connectivity index (χ2n) is 4.49. The number of rotatable bonds is 5. The van der Waals surface area contributed by atoms with Gasteiger partial charge in [0.25, 0.3) is 0 Å². The Morgan fingerprint density at radius 2 is 1.80 bits per heavy atom. The topological polar surface area (TPSA) is 0 Å². The summed E-state index contributed by atoms with van der Waals surface area (Å²) in [5.74, 6) is 1.20. The maximum absolute atomic E-state index is 3.92. The molecule has 0 amide bonds. The van der Waals surface area contributed by atoms with Crippen LogP contribution < -0.4 is 0 Å². The first-order chi connectivity index (χ1) is 6.99. The molecule has 15 heavy (non-hydrogen) atoms. The Kier molecular flexibility index (Phi) is 6.31. The molecule has 0 aliphatic carbocycles. The predicted molar refractivity (Wildman–Crippen MR) is 70.9 cm³/mol. The molecule has 0 spiro atoms. The second kappa shape index (κ2) is 6.66. The predicted octanol–water partition coefficient (Wildman–Crippen LogP) is 5.14. The van der Waals surface area contributed by atoms with Gasteiger partial charge in [0.05, 0.1) is 0 Å². The van der Waals surface area contributed by atoms with Gasteiger partial charge in [-0.05, 0) is 48.8 Å². The molecule has 0 radical (unpaired) electrons. The highest BCUT2D eigenvalue weighted by atomic mass is 14.2. The fraction of sp³-hybridized carbons (Fsp3) is 0.600. The first kappa shape index (κ1) is 14.2. The van der Waals surface area contributed by atoms with Crippen molar-refractivity contribution in [3.8, 4) is 0 Å². The smallest absolute Gasteiger partial charge is 0.0194 e. The van der Waals surface area contributed by atoms with Crippen molar-refractivity contribution < 1.29 is 0 Å². The molecule has 0 saturated heterocycles. The zero-order valence-electron chi connectivity index (χ0n) is 11.2. The Morgan fingerprint density at radius 1 is 1.27 bits per heavy atom. The van der Waals surface area contributed by atoms with Gasteiger partial charge in [-0.1, -0.05) is 46.4 Å². The lowest BCUT2D eigenvalue weighted by Gasteiger charge is -2.19. The summed E-state index contributed by atoms with van der Waals surface area (Å²) in [6, 6.07) is 0. The molecule has 0 aromatic carbocycles. The van der Waals surface area contributed by atoms with Crippen LogP contribution in [0.2, 0.25) is 0 Å². The maximum Gasteiger partial charge on any atom is -0.0194 e. The monoisotopic (exact) mass is 206 g/mol. The van der Waals surface area contributed by atoms with E-state index in [0.29, 0.717) is 11.8 Å². The van der Waals surface area contributed by atoms with E-state index in [9.17, 15) is 0 Å². The minimum Gasteiger partial charge on any atom is -0.0988 e. The molecule has 0 rings (SSSR count). The molecular formula is C15H26. The van der Waals surface area contributed by atoms with Crippen molar-refractivity contribution in [2.45, 2.75) is 48.0 Å². The molecule has 0 aromatic rings. The zero-order chi connectivity index (χ0) is 12.0. The molecule has 0 aromatic heterocycles. The van der Waals surface area contributed by atoms with E-state index >= 15 is 0 Å². The number of hydrogen-bond donors (Lipinski definition) is 0. The van der Waals surface area contributed by atoms with Crippen LogP contribution in [0.5, 0.6) is 0 Å². The van der Waals surface area contributed by atoms with Gasteiger partial charge < -0.3 is 0 Å². The van der Waals surface area contributed by atoms with Crippen molar-refractivity contribution in [3.05, 3.63) is 35.5 Å². The van der Waals surface area contributed by atoms with Crippen molar-refractivity contribution in [2.75, 3.05) is 0 Å². The Labute approximate surface area is 95.8 Å². The molecule has 86 valence electrons. The largest absolute Gasteiger partial charge is 0.0988 e. The van der Waals surface area contributed by atoms with Gasteiger partial charge in [-0.15, -0.1) is 0 Å². The van der Waals surface area contributed by atoms with E-state index in [1.54, 1.807) is 0 Å². The summed E-state index contributed by atoms with van der Waals surface area (Å²) in [6.07, 6.45) is 5.45. The van der Waals surface area contributed by atoms with Gasteiger partial charge in [-0.3, -0.25) is 0 Å². The molecule has 0 aliphatic rings. The van der Waals surface area contributed by atoms with E-state index < -0.39 is 0 Å². The normalized spacial score (nSPS) is 16.3. The fourth-order valence-corrected chi connectivity index (χ4v) is 2.08. The van der Waals surface area contributed by atoms with Crippen LogP contribution in [0.15, 0.2) is 35.5 Å². The van der Waals surface area contributed by atoms with E-state index in [2.05, 4.69) is 54.2 Å². The highest BCUT2D eigenvalue weighted by Crippen LogP contribution is 2.28. The van der Waals surface area contributed by atoms with Gasteiger partial charge >= 0.3 is 0 Å². The summed E-state index contributed by atoms with van der Waals surface area (Å²) in [4.78, 5) is 0. The van der Waals surface area contributed by atoms with Gasteiger partial charge in [0.15, 0.2) is 0 Å². The zero-order valence-corrected chi connectivity index (χ0v) is 11.2. The van der Waals surface area contributed by atoms with Crippen LogP contribution in [0.4, 0.5) is 0 Å². The molecule has 1 atom stereocenters. The average molecular weight is 206 g/mol. The quantitative estimate of drug-likeness (QED) is 0.546. The van der Waals surface area contributed by atoms with Crippen molar-refractivity contribution in [1.29, 1.82) is 0 Å². The maximum atomic E-state index is 3.92. The molecule has 1 unspecified atom stereocenters. The van der Waals surface area contributed by atoms with Crippen LogP contribution in [-0.2, 0) is 0 Å². The summed E-state index contributed by atoms with van der Waals surface area (Å²) in [6.45, 7) is 17.3. The summed E-state index contributed by atoms with van der Waals surface area (Å²) >= 11 is 0. The van der Waals surface area contributed by atoms with Crippen LogP contribution in [0.1, 0.15) is 48.0 Å². The van der Waals surface area contributed by atoms with E-state index in [0.717, 1.165) is 0 Å². The molecule has 0 saturated carbocycles. The lowest BCUT2D eigenvalue weighted by Crippen LogP contribution is -2.04. The van der Waals surface area contributed by atoms with Gasteiger partial charge in [0.2, 0.25) is 0 Å². The van der Waals surface area contributed by atoms with E-state index in [1.165, 1.54) is 23.1 Å². The Morgan fingerprint density at radius 3 is 2.07 bits per heavy atom. The van der Waals surface area contributed by atoms with Crippen molar-refractivity contribution in [3.63, 3.8) is 0 Å². The molecule has 0 N–H and O–H groups in total. The van der Waals surface area contributed by atoms with Gasteiger partial charge in [0, 0.05) is 0 Å². The third-order valence-corrected chi connectivity index (χ3v) is 3.16. The van der Waals surface area contributed by atoms with Crippen LogP contribution in [0.3, 0.4) is 0 Å². The molecule has 0 bridgehead atoms. The standard InChI is InChI=1S/C15H26/c1-8-12(6)15(10-3)13(7)14(9-2)11(4)5/h9-12H,2,8H2,1,3-7H3/b14-13+,15-10-. The minimum atomic E-state index is 0.557. The Hall–Kier alpha value is -0.780. The molecule has 0 fully saturated rings.